The number of anilines is 1. The van der Waals surface area contributed by atoms with E-state index in [1.807, 2.05) is 18.7 Å². The van der Waals surface area contributed by atoms with Crippen molar-refractivity contribution < 1.29 is 32.5 Å². The van der Waals surface area contributed by atoms with Crippen LogP contribution in [0.5, 0.6) is 11.5 Å². The van der Waals surface area contributed by atoms with Crippen molar-refractivity contribution in [1.82, 2.24) is 15.2 Å². The number of aliphatic hydroxyl groups is 1. The molecule has 1 aliphatic rings. The van der Waals surface area contributed by atoms with E-state index in [4.69, 9.17) is 10.5 Å². The maximum Gasteiger partial charge on any atom is 0.573 e. The van der Waals surface area contributed by atoms with E-state index in [2.05, 4.69) is 15.0 Å². The summed E-state index contributed by atoms with van der Waals surface area (Å²) >= 11 is 0. The number of nitrogens with one attached hydrogen (secondary N) is 1. The van der Waals surface area contributed by atoms with Crippen LogP contribution in [0.25, 0.3) is 0 Å². The Bertz CT molecular complexity index is 956. The molecule has 180 valence electrons. The molecule has 1 unspecified atom stereocenters. The number of aromatic nitrogens is 1. The number of amides is 1. The van der Waals surface area contributed by atoms with Crippen molar-refractivity contribution >= 4 is 11.7 Å². The van der Waals surface area contributed by atoms with Crippen molar-refractivity contribution in [3.63, 3.8) is 0 Å². The lowest BCUT2D eigenvalue weighted by Crippen LogP contribution is -2.36. The van der Waals surface area contributed by atoms with Gasteiger partial charge in [-0.3, -0.25) is 9.69 Å². The van der Waals surface area contributed by atoms with Gasteiger partial charge in [0.15, 0.2) is 11.6 Å². The number of aliphatic hydroxyl groups excluding tert-OH is 1. The van der Waals surface area contributed by atoms with Gasteiger partial charge in [0.2, 0.25) is 0 Å². The highest BCUT2D eigenvalue weighted by atomic mass is 19.4. The lowest BCUT2D eigenvalue weighted by atomic mass is 10.1. The highest BCUT2D eigenvalue weighted by Gasteiger charge is 2.35. The van der Waals surface area contributed by atoms with Gasteiger partial charge in [0.05, 0.1) is 5.56 Å². The molecule has 0 spiro atoms. The molecular weight excluding hydrogens is 441 g/mol. The van der Waals surface area contributed by atoms with Crippen molar-refractivity contribution in [1.29, 1.82) is 0 Å². The van der Waals surface area contributed by atoms with E-state index in [9.17, 15) is 23.1 Å². The van der Waals surface area contributed by atoms with Crippen LogP contribution in [-0.2, 0) is 6.42 Å². The van der Waals surface area contributed by atoms with Gasteiger partial charge in [-0.1, -0.05) is 19.1 Å². The van der Waals surface area contributed by atoms with Gasteiger partial charge in [-0.25, -0.2) is 4.98 Å². The van der Waals surface area contributed by atoms with Gasteiger partial charge in [0, 0.05) is 38.2 Å². The summed E-state index contributed by atoms with van der Waals surface area (Å²) in [6.45, 7) is 5.21. The monoisotopic (exact) mass is 468 g/mol. The van der Waals surface area contributed by atoms with Crippen LogP contribution in [0.3, 0.4) is 0 Å². The minimum absolute atomic E-state index is 0.0507. The largest absolute Gasteiger partial charge is 0.573 e. The number of pyridine rings is 1. The Hall–Kier alpha value is -3.05. The van der Waals surface area contributed by atoms with Crippen molar-refractivity contribution in [3.05, 3.63) is 47.7 Å². The molecule has 1 saturated heterocycles. The summed E-state index contributed by atoms with van der Waals surface area (Å²) in [5.74, 6) is -0.0830. The first-order chi connectivity index (χ1) is 15.6. The molecule has 0 aliphatic carbocycles. The van der Waals surface area contributed by atoms with E-state index >= 15 is 0 Å². The van der Waals surface area contributed by atoms with Crippen LogP contribution < -0.4 is 20.5 Å². The first-order valence-corrected chi connectivity index (χ1v) is 10.5. The molecule has 0 radical (unpaired) electrons. The van der Waals surface area contributed by atoms with Crippen molar-refractivity contribution in [2.45, 2.75) is 39.0 Å². The third kappa shape index (κ3) is 6.72. The minimum Gasteiger partial charge on any atom is -0.485 e. The van der Waals surface area contributed by atoms with Gasteiger partial charge in [0.25, 0.3) is 5.91 Å². The molecule has 1 aromatic heterocycles. The Morgan fingerprint density at radius 3 is 2.67 bits per heavy atom. The molecule has 2 aromatic rings. The second-order valence-corrected chi connectivity index (χ2v) is 7.93. The third-order valence-corrected chi connectivity index (χ3v) is 5.33. The Labute approximate surface area is 189 Å². The van der Waals surface area contributed by atoms with Crippen LogP contribution in [0.4, 0.5) is 19.0 Å². The molecule has 1 fully saturated rings. The maximum absolute atomic E-state index is 12.3. The molecular formula is C22H27F3N4O4. The number of carbonyl (C=O) groups excluding carboxylic acids is 1. The number of nitrogen functional groups attached to an aromatic ring is 1. The number of carbonyl (C=O) groups is 1. The first-order valence-electron chi connectivity index (χ1n) is 10.5. The Kier molecular flexibility index (Phi) is 7.65. The number of halogens is 3. The Morgan fingerprint density at radius 1 is 1.33 bits per heavy atom. The highest BCUT2D eigenvalue weighted by molar-refractivity contribution is 5.94. The van der Waals surface area contributed by atoms with Crippen LogP contribution in [0.15, 0.2) is 36.5 Å². The van der Waals surface area contributed by atoms with Crippen molar-refractivity contribution in [3.8, 4) is 11.5 Å². The van der Waals surface area contributed by atoms with Crippen LogP contribution >= 0.6 is 0 Å². The predicted octanol–water partition coefficient (Wildman–Crippen LogP) is 2.57. The maximum atomic E-state index is 12.3. The normalized spacial score (nSPS) is 19.8. The smallest absolute Gasteiger partial charge is 0.485 e. The molecule has 3 atom stereocenters. The van der Waals surface area contributed by atoms with Gasteiger partial charge >= 0.3 is 6.36 Å². The SMILES string of the molecule is CCNC(=O)c1cnc(N)c(O[C@H]2CN(C(O)Cc3ccc(OC(F)(F)F)cc3)C[C@@H]2C)c1. The lowest BCUT2D eigenvalue weighted by Gasteiger charge is -2.23. The van der Waals surface area contributed by atoms with Crippen molar-refractivity contribution in [2.24, 2.45) is 5.92 Å². The summed E-state index contributed by atoms with van der Waals surface area (Å²) in [7, 11) is 0. The number of hydrogen-bond acceptors (Lipinski definition) is 7. The molecule has 1 aromatic carbocycles. The average Bonchev–Trinajstić information content (AvgIpc) is 3.10. The number of nitrogens with zero attached hydrogens (tertiary/aromatic N) is 2. The zero-order valence-corrected chi connectivity index (χ0v) is 18.3. The van der Waals surface area contributed by atoms with E-state index in [0.717, 1.165) is 0 Å². The van der Waals surface area contributed by atoms with Gasteiger partial charge in [0.1, 0.15) is 18.1 Å². The van der Waals surface area contributed by atoms with Crippen LogP contribution in [0.2, 0.25) is 0 Å². The fraction of sp³-hybridized carbons (Fsp3) is 0.455. The van der Waals surface area contributed by atoms with E-state index in [1.54, 1.807) is 6.07 Å². The van der Waals surface area contributed by atoms with Gasteiger partial charge < -0.3 is 25.6 Å². The second kappa shape index (κ2) is 10.3. The summed E-state index contributed by atoms with van der Waals surface area (Å²) in [5.41, 5.74) is 6.92. The third-order valence-electron chi connectivity index (χ3n) is 5.33. The number of likely N-dealkylation sites (tertiary alicyclic amines) is 1. The number of ether oxygens (including phenoxy) is 2. The molecule has 3 rings (SSSR count). The summed E-state index contributed by atoms with van der Waals surface area (Å²) in [6, 6.07) is 6.94. The van der Waals surface area contributed by atoms with E-state index in [-0.39, 0.29) is 35.9 Å². The quantitative estimate of drug-likeness (QED) is 0.546. The van der Waals surface area contributed by atoms with E-state index in [1.165, 1.54) is 30.5 Å². The zero-order chi connectivity index (χ0) is 24.2. The molecule has 1 aliphatic heterocycles. The minimum atomic E-state index is -4.75. The molecule has 4 N–H and O–H groups in total. The molecule has 0 bridgehead atoms. The molecule has 33 heavy (non-hydrogen) atoms. The lowest BCUT2D eigenvalue weighted by molar-refractivity contribution is -0.274. The average molecular weight is 468 g/mol. The number of hydrogen-bond donors (Lipinski definition) is 3. The van der Waals surface area contributed by atoms with Crippen LogP contribution in [0.1, 0.15) is 29.8 Å². The zero-order valence-electron chi connectivity index (χ0n) is 18.3. The molecule has 8 nitrogen and oxygen atoms in total. The number of benzene rings is 1. The summed E-state index contributed by atoms with van der Waals surface area (Å²) in [5, 5.41) is 13.3. The summed E-state index contributed by atoms with van der Waals surface area (Å²) < 4.78 is 46.8. The van der Waals surface area contributed by atoms with Crippen LogP contribution in [0, 0.1) is 5.92 Å². The summed E-state index contributed by atoms with van der Waals surface area (Å²) in [6.07, 6.45) is -4.29. The highest BCUT2D eigenvalue weighted by Crippen LogP contribution is 2.28. The number of rotatable bonds is 8. The van der Waals surface area contributed by atoms with Gasteiger partial charge in [-0.2, -0.15) is 0 Å². The molecule has 2 heterocycles. The first kappa shape index (κ1) is 24.6. The number of alkyl halides is 3. The van der Waals surface area contributed by atoms with Gasteiger partial charge in [-0.15, -0.1) is 13.2 Å². The van der Waals surface area contributed by atoms with E-state index < -0.39 is 12.6 Å². The molecule has 1 amide bonds. The van der Waals surface area contributed by atoms with Gasteiger partial charge in [-0.05, 0) is 30.7 Å². The number of nitrogens with two attached hydrogens (primary N) is 1. The second-order valence-electron chi connectivity index (χ2n) is 7.93. The fourth-order valence-electron chi connectivity index (χ4n) is 3.64. The standard InChI is InChI=1S/C22H27F3N4O4/c1-3-27-21(31)15-9-17(20(26)28-10-15)32-18-12-29(11-13(18)2)19(30)8-14-4-6-16(7-5-14)33-22(23,24)25/h4-7,9-10,13,18-19,30H,3,8,11-12H2,1-2H3,(H2,26,28)(H,27,31)/t13-,18-,19?/m0/s1. The summed E-state index contributed by atoms with van der Waals surface area (Å²) in [4.78, 5) is 17.9. The van der Waals surface area contributed by atoms with Crippen LogP contribution in [-0.4, -0.2) is 59.2 Å². The predicted molar refractivity (Wildman–Crippen MR) is 115 cm³/mol. The topological polar surface area (TPSA) is 110 Å². The molecule has 11 heteroatoms. The molecule has 0 saturated carbocycles. The van der Waals surface area contributed by atoms with Crippen molar-refractivity contribution in [2.75, 3.05) is 25.4 Å². The Morgan fingerprint density at radius 2 is 2.03 bits per heavy atom. The van der Waals surface area contributed by atoms with E-state index in [0.29, 0.717) is 36.5 Å². The fourth-order valence-corrected chi connectivity index (χ4v) is 3.64. The Balaban J connectivity index is 1.60.